The zero-order valence-corrected chi connectivity index (χ0v) is 16.1. The number of nitrogens with one attached hydrogen (secondary N) is 1. The van der Waals surface area contributed by atoms with Crippen LogP contribution in [0.4, 0.5) is 0 Å². The lowest BCUT2D eigenvalue weighted by Gasteiger charge is -2.15. The second kappa shape index (κ2) is 6.11. The van der Waals surface area contributed by atoms with Crippen LogP contribution < -0.4 is 10.9 Å². The van der Waals surface area contributed by atoms with E-state index in [0.29, 0.717) is 0 Å². The van der Waals surface area contributed by atoms with E-state index in [2.05, 4.69) is 17.2 Å². The summed E-state index contributed by atoms with van der Waals surface area (Å²) in [6.07, 6.45) is 7.45. The molecule has 3 aromatic rings. The molecule has 0 bridgehead atoms. The predicted octanol–water partition coefficient (Wildman–Crippen LogP) is 2.97. The highest BCUT2D eigenvalue weighted by atomic mass is 16.3. The van der Waals surface area contributed by atoms with E-state index in [-0.39, 0.29) is 28.3 Å². The Morgan fingerprint density at radius 3 is 2.67 bits per heavy atom. The number of fused-ring (bicyclic) bond motifs is 1. The number of aryl methyl sites for hydroxylation is 2. The van der Waals surface area contributed by atoms with Gasteiger partial charge in [-0.1, -0.05) is 13.3 Å². The molecule has 0 aliphatic heterocycles. The highest BCUT2D eigenvalue weighted by Gasteiger charge is 2.43. The van der Waals surface area contributed by atoms with Gasteiger partial charge in [-0.25, -0.2) is 4.98 Å². The van der Waals surface area contributed by atoms with Gasteiger partial charge in [0.1, 0.15) is 17.2 Å². The molecule has 7 nitrogen and oxygen atoms in total. The van der Waals surface area contributed by atoms with Gasteiger partial charge in [0, 0.05) is 30.5 Å². The zero-order valence-electron chi connectivity index (χ0n) is 16.1. The van der Waals surface area contributed by atoms with Gasteiger partial charge in [0.25, 0.3) is 11.5 Å². The van der Waals surface area contributed by atoms with Crippen molar-refractivity contribution < 1.29 is 9.21 Å². The molecule has 3 aromatic heterocycles. The predicted molar refractivity (Wildman–Crippen MR) is 102 cm³/mol. The number of carbonyl (C=O) groups excluding carboxylic acids is 1. The third kappa shape index (κ3) is 2.97. The number of carbonyl (C=O) groups is 1. The second-order valence-electron chi connectivity index (χ2n) is 7.55. The lowest BCUT2D eigenvalue weighted by Crippen LogP contribution is -2.36. The van der Waals surface area contributed by atoms with Gasteiger partial charge in [-0.15, -0.1) is 0 Å². The summed E-state index contributed by atoms with van der Waals surface area (Å²) in [5, 5.41) is 3.10. The Morgan fingerprint density at radius 2 is 2.07 bits per heavy atom. The number of aromatic nitrogens is 3. The van der Waals surface area contributed by atoms with Crippen molar-refractivity contribution in [3.63, 3.8) is 0 Å². The quantitative estimate of drug-likeness (QED) is 0.751. The number of rotatable bonds is 5. The molecule has 1 amide bonds. The summed E-state index contributed by atoms with van der Waals surface area (Å²) in [6.45, 7) is 5.85. The number of hydrogen-bond donors (Lipinski definition) is 1. The molecule has 0 atom stereocenters. The molecule has 0 radical (unpaired) electrons. The summed E-state index contributed by atoms with van der Waals surface area (Å²) in [7, 11) is 1.70. The Bertz CT molecular complexity index is 1100. The van der Waals surface area contributed by atoms with Crippen molar-refractivity contribution in [2.75, 3.05) is 0 Å². The number of imidazole rings is 1. The van der Waals surface area contributed by atoms with Gasteiger partial charge in [-0.2, -0.15) is 0 Å². The van der Waals surface area contributed by atoms with Gasteiger partial charge < -0.3 is 14.3 Å². The first kappa shape index (κ1) is 17.6. The topological polar surface area (TPSA) is 81.5 Å². The minimum atomic E-state index is -0.250. The molecule has 0 saturated heterocycles. The molecular weight excluding hydrogens is 344 g/mol. The van der Waals surface area contributed by atoms with Crippen molar-refractivity contribution in [3.8, 4) is 11.3 Å². The molecular formula is C20H24N4O3. The minimum Gasteiger partial charge on any atom is -0.466 e. The standard InChI is InChI=1S/C20H24N4O3/c1-5-6-20(7-8-20)22-18(25)15-10-24-11-16(14-9-12(2)27-13(14)3)23(4)19(26)17(24)21-15/h9-11H,5-8H2,1-4H3,(H,22,25). The van der Waals surface area contributed by atoms with Crippen LogP contribution in [0, 0.1) is 13.8 Å². The monoisotopic (exact) mass is 368 g/mol. The van der Waals surface area contributed by atoms with E-state index in [1.165, 1.54) is 0 Å². The Kier molecular flexibility index (Phi) is 3.98. The molecule has 1 fully saturated rings. The Labute approximate surface area is 157 Å². The fourth-order valence-corrected chi connectivity index (χ4v) is 3.74. The van der Waals surface area contributed by atoms with Crippen LogP contribution in [0.25, 0.3) is 16.9 Å². The first-order valence-corrected chi connectivity index (χ1v) is 9.32. The van der Waals surface area contributed by atoms with Crippen LogP contribution in [0.3, 0.4) is 0 Å². The van der Waals surface area contributed by atoms with Crippen molar-refractivity contribution >= 4 is 11.6 Å². The summed E-state index contributed by atoms with van der Waals surface area (Å²) in [5.74, 6) is 1.31. The fourth-order valence-electron chi connectivity index (χ4n) is 3.74. The van der Waals surface area contributed by atoms with Gasteiger partial charge >= 0.3 is 0 Å². The number of amides is 1. The maximum atomic E-state index is 12.8. The van der Waals surface area contributed by atoms with Crippen molar-refractivity contribution in [3.05, 3.63) is 46.0 Å². The van der Waals surface area contributed by atoms with Gasteiger partial charge in [-0.3, -0.25) is 14.0 Å². The third-order valence-corrected chi connectivity index (χ3v) is 5.36. The number of furan rings is 1. The van der Waals surface area contributed by atoms with Gasteiger partial charge in [-0.05, 0) is 39.2 Å². The van der Waals surface area contributed by atoms with Crippen LogP contribution in [-0.4, -0.2) is 25.4 Å². The molecule has 27 heavy (non-hydrogen) atoms. The molecule has 142 valence electrons. The zero-order chi connectivity index (χ0) is 19.3. The first-order chi connectivity index (χ1) is 12.8. The summed E-state index contributed by atoms with van der Waals surface area (Å²) in [4.78, 5) is 29.7. The third-order valence-electron chi connectivity index (χ3n) is 5.36. The Hall–Kier alpha value is -2.83. The van der Waals surface area contributed by atoms with Crippen LogP contribution in [0.2, 0.25) is 0 Å². The van der Waals surface area contributed by atoms with Crippen LogP contribution in [-0.2, 0) is 7.05 Å². The minimum absolute atomic E-state index is 0.0802. The van der Waals surface area contributed by atoms with E-state index in [1.807, 2.05) is 26.1 Å². The Balaban J connectivity index is 1.74. The van der Waals surface area contributed by atoms with Crippen LogP contribution in [0.5, 0.6) is 0 Å². The average molecular weight is 368 g/mol. The SMILES string of the molecule is CCCC1(NC(=O)c2cn3cc(-c4cc(C)oc4C)n(C)c(=O)c3n2)CC1. The highest BCUT2D eigenvalue weighted by Crippen LogP contribution is 2.39. The molecule has 0 aromatic carbocycles. The van der Waals surface area contributed by atoms with Gasteiger partial charge in [0.2, 0.25) is 5.65 Å². The van der Waals surface area contributed by atoms with E-state index in [0.717, 1.165) is 48.5 Å². The van der Waals surface area contributed by atoms with Crippen LogP contribution >= 0.6 is 0 Å². The van der Waals surface area contributed by atoms with Crippen LogP contribution in [0.15, 0.2) is 27.7 Å². The summed E-state index contributed by atoms with van der Waals surface area (Å²) in [5.41, 5.74) is 1.75. The summed E-state index contributed by atoms with van der Waals surface area (Å²) in [6, 6.07) is 1.90. The largest absolute Gasteiger partial charge is 0.466 e. The van der Waals surface area contributed by atoms with E-state index in [1.54, 1.807) is 22.2 Å². The molecule has 4 rings (SSSR count). The smallest absolute Gasteiger partial charge is 0.294 e. The lowest BCUT2D eigenvalue weighted by molar-refractivity contribution is 0.0924. The van der Waals surface area contributed by atoms with E-state index in [4.69, 9.17) is 4.42 Å². The number of hydrogen-bond acceptors (Lipinski definition) is 4. The van der Waals surface area contributed by atoms with Crippen molar-refractivity contribution in [1.29, 1.82) is 0 Å². The van der Waals surface area contributed by atoms with E-state index < -0.39 is 0 Å². The van der Waals surface area contributed by atoms with Crippen molar-refractivity contribution in [2.45, 2.75) is 52.0 Å². The lowest BCUT2D eigenvalue weighted by atomic mass is 10.1. The van der Waals surface area contributed by atoms with E-state index in [9.17, 15) is 9.59 Å². The average Bonchev–Trinajstić information content (AvgIpc) is 3.08. The molecule has 7 heteroatoms. The van der Waals surface area contributed by atoms with Crippen molar-refractivity contribution in [1.82, 2.24) is 19.3 Å². The van der Waals surface area contributed by atoms with Crippen LogP contribution in [0.1, 0.15) is 54.6 Å². The summed E-state index contributed by atoms with van der Waals surface area (Å²) >= 11 is 0. The van der Waals surface area contributed by atoms with Crippen molar-refractivity contribution in [2.24, 2.45) is 7.05 Å². The molecule has 1 N–H and O–H groups in total. The molecule has 3 heterocycles. The normalized spacial score (nSPS) is 15.3. The van der Waals surface area contributed by atoms with Gasteiger partial charge in [0.05, 0.1) is 5.69 Å². The second-order valence-corrected chi connectivity index (χ2v) is 7.55. The van der Waals surface area contributed by atoms with Gasteiger partial charge in [0.15, 0.2) is 0 Å². The summed E-state index contributed by atoms with van der Waals surface area (Å²) < 4.78 is 8.77. The fraction of sp³-hybridized carbons (Fsp3) is 0.450. The molecule has 1 aliphatic carbocycles. The molecule has 1 saturated carbocycles. The Morgan fingerprint density at radius 1 is 1.33 bits per heavy atom. The first-order valence-electron chi connectivity index (χ1n) is 9.32. The van der Waals surface area contributed by atoms with E-state index >= 15 is 0 Å². The molecule has 1 aliphatic rings. The molecule has 0 unspecified atom stereocenters. The number of nitrogens with zero attached hydrogens (tertiary/aromatic N) is 3. The molecule has 0 spiro atoms. The maximum absolute atomic E-state index is 12.8. The maximum Gasteiger partial charge on any atom is 0.294 e. The highest BCUT2D eigenvalue weighted by molar-refractivity contribution is 5.93.